The summed E-state index contributed by atoms with van der Waals surface area (Å²) in [7, 11) is 0. The van der Waals surface area contributed by atoms with E-state index < -0.39 is 0 Å². The molecule has 0 aliphatic heterocycles. The lowest BCUT2D eigenvalue weighted by atomic mass is 10.4. The molecule has 0 radical (unpaired) electrons. The number of aromatic nitrogens is 6. The number of nitrogens with one attached hydrogen (secondary N) is 1. The predicted octanol–water partition coefficient (Wildman–Crippen LogP) is 2.26. The SMILES string of the molecule is CCNc1cc(Sc2nnnn2C2CC2)nc(C2CC2)n1. The van der Waals surface area contributed by atoms with Gasteiger partial charge in [-0.1, -0.05) is 0 Å². The predicted molar refractivity (Wildman–Crippen MR) is 78.4 cm³/mol. The Labute approximate surface area is 126 Å². The molecule has 1 N–H and O–H groups in total. The fourth-order valence-electron chi connectivity index (χ4n) is 2.19. The maximum absolute atomic E-state index is 4.68. The van der Waals surface area contributed by atoms with Crippen LogP contribution in [0.2, 0.25) is 0 Å². The summed E-state index contributed by atoms with van der Waals surface area (Å²) in [4.78, 5) is 9.27. The Morgan fingerprint density at radius 1 is 1.29 bits per heavy atom. The van der Waals surface area contributed by atoms with E-state index >= 15 is 0 Å². The van der Waals surface area contributed by atoms with Gasteiger partial charge in [0.1, 0.15) is 16.7 Å². The zero-order valence-electron chi connectivity index (χ0n) is 11.9. The Morgan fingerprint density at radius 2 is 2.14 bits per heavy atom. The highest BCUT2D eigenvalue weighted by Gasteiger charge is 2.30. The summed E-state index contributed by atoms with van der Waals surface area (Å²) in [6, 6.07) is 2.45. The van der Waals surface area contributed by atoms with Gasteiger partial charge in [-0.05, 0) is 54.8 Å². The molecule has 2 aromatic heterocycles. The Hall–Kier alpha value is -1.70. The van der Waals surface area contributed by atoms with E-state index in [0.29, 0.717) is 12.0 Å². The average Bonchev–Trinajstić information content (AvgIpc) is 3.39. The summed E-state index contributed by atoms with van der Waals surface area (Å²) in [5.74, 6) is 2.37. The van der Waals surface area contributed by atoms with Gasteiger partial charge in [0.25, 0.3) is 0 Å². The summed E-state index contributed by atoms with van der Waals surface area (Å²) in [5.41, 5.74) is 0. The number of hydrogen-bond donors (Lipinski definition) is 1. The van der Waals surface area contributed by atoms with Crippen molar-refractivity contribution in [3.05, 3.63) is 11.9 Å². The quantitative estimate of drug-likeness (QED) is 0.820. The third-order valence-electron chi connectivity index (χ3n) is 3.57. The van der Waals surface area contributed by atoms with E-state index in [1.165, 1.54) is 37.4 Å². The molecule has 4 rings (SSSR count). The summed E-state index contributed by atoms with van der Waals surface area (Å²) in [6.07, 6.45) is 4.72. The number of tetrazole rings is 1. The summed E-state index contributed by atoms with van der Waals surface area (Å²) < 4.78 is 1.91. The highest BCUT2D eigenvalue weighted by Crippen LogP contribution is 2.41. The van der Waals surface area contributed by atoms with Crippen molar-refractivity contribution in [2.24, 2.45) is 0 Å². The first-order chi connectivity index (χ1) is 10.3. The molecular formula is C13H17N7S. The van der Waals surface area contributed by atoms with Crippen molar-refractivity contribution in [1.29, 1.82) is 0 Å². The Balaban J connectivity index is 1.62. The van der Waals surface area contributed by atoms with Crippen LogP contribution in [-0.4, -0.2) is 36.7 Å². The molecule has 0 amide bonds. The highest BCUT2D eigenvalue weighted by molar-refractivity contribution is 7.99. The molecule has 0 bridgehead atoms. The van der Waals surface area contributed by atoms with E-state index in [0.717, 1.165) is 28.4 Å². The number of nitrogens with zero attached hydrogens (tertiary/aromatic N) is 6. The summed E-state index contributed by atoms with van der Waals surface area (Å²) >= 11 is 1.52. The van der Waals surface area contributed by atoms with Crippen LogP contribution in [0.1, 0.15) is 50.4 Å². The first kappa shape index (κ1) is 13.0. The van der Waals surface area contributed by atoms with Crippen molar-refractivity contribution in [1.82, 2.24) is 30.2 Å². The molecule has 7 nitrogen and oxygen atoms in total. The number of rotatable bonds is 6. The minimum atomic E-state index is 0.473. The zero-order chi connectivity index (χ0) is 14.2. The van der Waals surface area contributed by atoms with Crippen molar-refractivity contribution < 1.29 is 0 Å². The van der Waals surface area contributed by atoms with Crippen molar-refractivity contribution in [2.75, 3.05) is 11.9 Å². The van der Waals surface area contributed by atoms with E-state index in [1.807, 2.05) is 10.7 Å². The fraction of sp³-hybridized carbons (Fsp3) is 0.615. The smallest absolute Gasteiger partial charge is 0.215 e. The van der Waals surface area contributed by atoms with Gasteiger partial charge in [0, 0.05) is 18.5 Å². The summed E-state index contributed by atoms with van der Waals surface area (Å²) in [6.45, 7) is 2.92. The lowest BCUT2D eigenvalue weighted by Crippen LogP contribution is -2.04. The minimum Gasteiger partial charge on any atom is -0.370 e. The van der Waals surface area contributed by atoms with Gasteiger partial charge >= 0.3 is 0 Å². The van der Waals surface area contributed by atoms with Crippen LogP contribution < -0.4 is 5.32 Å². The molecule has 2 aromatic rings. The lowest BCUT2D eigenvalue weighted by Gasteiger charge is -2.08. The van der Waals surface area contributed by atoms with Crippen molar-refractivity contribution >= 4 is 17.6 Å². The molecule has 2 aliphatic rings. The van der Waals surface area contributed by atoms with Crippen LogP contribution >= 0.6 is 11.8 Å². The third kappa shape index (κ3) is 2.85. The van der Waals surface area contributed by atoms with Gasteiger partial charge in [-0.25, -0.2) is 14.6 Å². The Morgan fingerprint density at radius 3 is 2.86 bits per heavy atom. The van der Waals surface area contributed by atoms with Crippen LogP contribution in [0.3, 0.4) is 0 Å². The molecule has 2 heterocycles. The van der Waals surface area contributed by atoms with E-state index in [4.69, 9.17) is 0 Å². The van der Waals surface area contributed by atoms with Gasteiger partial charge in [0.2, 0.25) is 5.16 Å². The van der Waals surface area contributed by atoms with Crippen LogP contribution in [0, 0.1) is 0 Å². The molecule has 110 valence electrons. The molecule has 2 aliphatic carbocycles. The van der Waals surface area contributed by atoms with Crippen LogP contribution in [0.4, 0.5) is 5.82 Å². The van der Waals surface area contributed by atoms with Gasteiger partial charge < -0.3 is 5.32 Å². The number of hydrogen-bond acceptors (Lipinski definition) is 7. The van der Waals surface area contributed by atoms with E-state index in [1.54, 1.807) is 0 Å². The second-order valence-electron chi connectivity index (χ2n) is 5.49. The van der Waals surface area contributed by atoms with Crippen LogP contribution in [0.25, 0.3) is 0 Å². The normalized spacial score (nSPS) is 18.0. The molecule has 0 unspecified atom stereocenters. The number of anilines is 1. The van der Waals surface area contributed by atoms with Crippen LogP contribution in [0.15, 0.2) is 16.2 Å². The van der Waals surface area contributed by atoms with Crippen molar-refractivity contribution in [3.8, 4) is 0 Å². The maximum Gasteiger partial charge on any atom is 0.215 e. The van der Waals surface area contributed by atoms with Crippen LogP contribution in [0.5, 0.6) is 0 Å². The minimum absolute atomic E-state index is 0.473. The first-order valence-electron chi connectivity index (χ1n) is 7.42. The van der Waals surface area contributed by atoms with E-state index in [-0.39, 0.29) is 0 Å². The average molecular weight is 303 g/mol. The van der Waals surface area contributed by atoms with E-state index in [9.17, 15) is 0 Å². The molecule has 8 heteroatoms. The molecule has 2 fully saturated rings. The molecule has 0 atom stereocenters. The Kier molecular flexibility index (Phi) is 3.25. The van der Waals surface area contributed by atoms with Gasteiger partial charge in [0.05, 0.1) is 6.04 Å². The molecule has 0 aromatic carbocycles. The highest BCUT2D eigenvalue weighted by atomic mass is 32.2. The monoisotopic (exact) mass is 303 g/mol. The van der Waals surface area contributed by atoms with Crippen LogP contribution in [-0.2, 0) is 0 Å². The fourth-order valence-corrected chi connectivity index (χ4v) is 3.04. The largest absolute Gasteiger partial charge is 0.370 e. The topological polar surface area (TPSA) is 81.4 Å². The van der Waals surface area contributed by atoms with Gasteiger partial charge in [0.15, 0.2) is 0 Å². The molecule has 0 saturated heterocycles. The second kappa shape index (κ2) is 5.25. The van der Waals surface area contributed by atoms with Gasteiger partial charge in [-0.2, -0.15) is 0 Å². The molecule has 2 saturated carbocycles. The molecule has 0 spiro atoms. The van der Waals surface area contributed by atoms with Gasteiger partial charge in [-0.3, -0.25) is 0 Å². The van der Waals surface area contributed by atoms with Gasteiger partial charge in [-0.15, -0.1) is 5.10 Å². The van der Waals surface area contributed by atoms with E-state index in [2.05, 4.69) is 37.7 Å². The first-order valence-corrected chi connectivity index (χ1v) is 8.23. The lowest BCUT2D eigenvalue weighted by molar-refractivity contribution is 0.565. The summed E-state index contributed by atoms with van der Waals surface area (Å²) in [5, 5.41) is 17.0. The van der Waals surface area contributed by atoms with Crippen molar-refractivity contribution in [3.63, 3.8) is 0 Å². The third-order valence-corrected chi connectivity index (χ3v) is 4.44. The second-order valence-corrected chi connectivity index (χ2v) is 6.48. The molecular weight excluding hydrogens is 286 g/mol. The Bertz CT molecular complexity index is 648. The van der Waals surface area contributed by atoms with Crippen molar-refractivity contribution in [2.45, 2.75) is 54.7 Å². The maximum atomic E-state index is 4.68. The molecule has 21 heavy (non-hydrogen) atoms. The zero-order valence-corrected chi connectivity index (χ0v) is 12.7. The standard InChI is InChI=1S/C13H17N7S/c1-2-14-10-7-11(16-12(15-10)8-3-4-8)21-13-17-18-19-20(13)9-5-6-9/h7-9H,2-6H2,1H3,(H,14,15,16).